The fraction of sp³-hybridized carbons (Fsp3) is 0.292. The van der Waals surface area contributed by atoms with E-state index in [9.17, 15) is 42.1 Å². The molecule has 1 aromatic heterocycles. The molecule has 3 rings (SSSR count). The molecular formula is C24H22F5NO5. The van der Waals surface area contributed by atoms with E-state index in [-0.39, 0.29) is 34.3 Å². The van der Waals surface area contributed by atoms with Crippen LogP contribution in [0.3, 0.4) is 0 Å². The molecule has 0 radical (unpaired) electrons. The molecule has 0 aliphatic carbocycles. The Morgan fingerprint density at radius 1 is 1.09 bits per heavy atom. The molecule has 11 heteroatoms. The monoisotopic (exact) mass is 499 g/mol. The van der Waals surface area contributed by atoms with Crippen LogP contribution >= 0.6 is 0 Å². The third-order valence-electron chi connectivity index (χ3n) is 5.74. The molecule has 2 atom stereocenters. The lowest BCUT2D eigenvalue weighted by Crippen LogP contribution is -2.46. The van der Waals surface area contributed by atoms with E-state index in [0.717, 1.165) is 12.1 Å². The second-order valence-electron chi connectivity index (χ2n) is 8.01. The van der Waals surface area contributed by atoms with Gasteiger partial charge in [0.25, 0.3) is 0 Å². The highest BCUT2D eigenvalue weighted by atomic mass is 19.2. The Morgan fingerprint density at radius 3 is 2.23 bits per heavy atom. The van der Waals surface area contributed by atoms with Crippen LogP contribution in [0, 0.1) is 35.0 Å². The molecule has 0 bridgehead atoms. The van der Waals surface area contributed by atoms with Gasteiger partial charge in [-0.3, -0.25) is 4.79 Å². The zero-order chi connectivity index (χ0) is 26.0. The Bertz CT molecular complexity index is 1350. The van der Waals surface area contributed by atoms with Crippen LogP contribution in [0.4, 0.5) is 22.0 Å². The van der Waals surface area contributed by atoms with Crippen molar-refractivity contribution in [2.45, 2.75) is 19.4 Å². The summed E-state index contributed by atoms with van der Waals surface area (Å²) in [5.41, 5.74) is -2.39. The van der Waals surface area contributed by atoms with Crippen LogP contribution < -0.4 is 16.1 Å². The number of aliphatic hydroxyl groups is 3. The Morgan fingerprint density at radius 2 is 1.69 bits per heavy atom. The molecule has 0 saturated carbocycles. The highest BCUT2D eigenvalue weighted by Gasteiger charge is 2.32. The van der Waals surface area contributed by atoms with Gasteiger partial charge in [0, 0.05) is 24.1 Å². The van der Waals surface area contributed by atoms with Crippen LogP contribution in [0.1, 0.15) is 24.7 Å². The van der Waals surface area contributed by atoms with Crippen LogP contribution in [0.25, 0.3) is 24.0 Å². The maximum absolute atomic E-state index is 14.0. The first-order valence-electron chi connectivity index (χ1n) is 10.5. The van der Waals surface area contributed by atoms with Crippen molar-refractivity contribution in [3.63, 3.8) is 0 Å². The van der Waals surface area contributed by atoms with E-state index in [0.29, 0.717) is 25.3 Å². The summed E-state index contributed by atoms with van der Waals surface area (Å²) in [6.07, 6.45) is 2.46. The molecule has 1 aliphatic heterocycles. The molecule has 2 heterocycles. The van der Waals surface area contributed by atoms with Gasteiger partial charge in [-0.15, -0.1) is 0 Å². The normalized spacial score (nSPS) is 21.1. The molecule has 1 fully saturated rings. The zero-order valence-corrected chi connectivity index (χ0v) is 18.7. The van der Waals surface area contributed by atoms with Crippen LogP contribution in [0.5, 0.6) is 0 Å². The number of aliphatic hydroxyl groups excluding tert-OH is 3. The van der Waals surface area contributed by atoms with Gasteiger partial charge in [-0.2, -0.15) is 0 Å². The molecule has 1 saturated heterocycles. The average Bonchev–Trinajstić information content (AvgIpc) is 2.82. The van der Waals surface area contributed by atoms with Crippen molar-refractivity contribution in [1.82, 2.24) is 4.90 Å². The van der Waals surface area contributed by atoms with Gasteiger partial charge >= 0.3 is 0 Å². The number of halogens is 5. The molecule has 35 heavy (non-hydrogen) atoms. The van der Waals surface area contributed by atoms with Crippen LogP contribution in [0.2, 0.25) is 0 Å². The van der Waals surface area contributed by atoms with Gasteiger partial charge in [-0.05, 0) is 45.2 Å². The van der Waals surface area contributed by atoms with Gasteiger partial charge in [-0.1, -0.05) is 0 Å². The smallest absolute Gasteiger partial charge is 0.200 e. The summed E-state index contributed by atoms with van der Waals surface area (Å²) in [6.45, 7) is 2.27. The summed E-state index contributed by atoms with van der Waals surface area (Å²) in [6, 6.07) is 0.823. The Kier molecular flexibility index (Phi) is 7.81. The first-order valence-corrected chi connectivity index (χ1v) is 10.5. The molecule has 1 aromatic carbocycles. The molecule has 0 spiro atoms. The number of benzene rings is 1. The number of nitrogens with zero attached hydrogens (tertiary/aromatic N) is 1. The summed E-state index contributed by atoms with van der Waals surface area (Å²) >= 11 is 0. The minimum Gasteiger partial charge on any atom is -0.515 e. The SMILES string of the molecule is C\C=C(O)/C(=c1/oc(/C=C/c2c(F)c(F)c(F)c(F)c2F)cc(=O)/c1=C\O)C1CCN(C)CC1O. The van der Waals surface area contributed by atoms with E-state index < -0.39 is 52.1 Å². The topological polar surface area (TPSA) is 94.1 Å². The van der Waals surface area contributed by atoms with E-state index in [1.807, 2.05) is 4.90 Å². The number of likely N-dealkylation sites (N-methyl/N-ethyl adjacent to an activating group) is 1. The number of piperidine rings is 1. The summed E-state index contributed by atoms with van der Waals surface area (Å²) in [5, 5.41) is 30.5. The van der Waals surface area contributed by atoms with Crippen LogP contribution in [-0.2, 0) is 0 Å². The molecule has 0 amide bonds. The Labute approximate surface area is 195 Å². The zero-order valence-electron chi connectivity index (χ0n) is 18.7. The molecule has 6 nitrogen and oxygen atoms in total. The standard InChI is InChI=1S/C24H22F5NO5/c1-3-15(32)18(12-6-7-30(2)9-17(12)34)24-14(10-31)16(33)8-11(35-24)4-5-13-19(25)21(27)23(29)22(28)20(13)26/h3-5,8,10,12,17,31-32,34H,6-7,9H2,1-2H3/b5-4+,14-10+,15-3+,24-18+. The highest BCUT2D eigenvalue weighted by molar-refractivity contribution is 5.68. The summed E-state index contributed by atoms with van der Waals surface area (Å²) < 4.78 is 73.9. The maximum Gasteiger partial charge on any atom is 0.200 e. The van der Waals surface area contributed by atoms with Gasteiger partial charge in [0.15, 0.2) is 28.7 Å². The fourth-order valence-corrected chi connectivity index (χ4v) is 3.92. The first-order chi connectivity index (χ1) is 16.5. The van der Waals surface area contributed by atoms with Crippen LogP contribution in [0.15, 0.2) is 27.1 Å². The van der Waals surface area contributed by atoms with Gasteiger partial charge < -0.3 is 24.6 Å². The predicted molar refractivity (Wildman–Crippen MR) is 118 cm³/mol. The number of rotatable bonds is 4. The second kappa shape index (κ2) is 10.4. The van der Waals surface area contributed by atoms with E-state index >= 15 is 0 Å². The lowest BCUT2D eigenvalue weighted by molar-refractivity contribution is 0.0537. The average molecular weight is 499 g/mol. The van der Waals surface area contributed by atoms with Gasteiger partial charge in [-0.25, -0.2) is 22.0 Å². The van der Waals surface area contributed by atoms with Crippen molar-refractivity contribution in [1.29, 1.82) is 0 Å². The van der Waals surface area contributed by atoms with E-state index in [4.69, 9.17) is 4.42 Å². The lowest BCUT2D eigenvalue weighted by Gasteiger charge is -2.34. The van der Waals surface area contributed by atoms with Gasteiger partial charge in [0.2, 0.25) is 5.82 Å². The molecular weight excluding hydrogens is 477 g/mol. The minimum absolute atomic E-state index is 0.0111. The first kappa shape index (κ1) is 26.2. The van der Waals surface area contributed by atoms with Crippen molar-refractivity contribution in [3.05, 3.63) is 79.2 Å². The number of hydrogen-bond acceptors (Lipinski definition) is 6. The molecule has 1 aliphatic rings. The van der Waals surface area contributed by atoms with Crippen molar-refractivity contribution < 1.29 is 41.7 Å². The summed E-state index contributed by atoms with van der Waals surface area (Å²) in [7, 11) is 1.78. The van der Waals surface area contributed by atoms with E-state index in [2.05, 4.69) is 0 Å². The number of allylic oxidation sites excluding steroid dienone is 2. The highest BCUT2D eigenvalue weighted by Crippen LogP contribution is 2.29. The second-order valence-corrected chi connectivity index (χ2v) is 8.01. The van der Waals surface area contributed by atoms with E-state index in [1.165, 1.54) is 13.0 Å². The predicted octanol–water partition coefficient (Wildman–Crippen LogP) is 2.73. The molecule has 2 unspecified atom stereocenters. The van der Waals surface area contributed by atoms with Crippen LogP contribution in [-0.4, -0.2) is 46.5 Å². The molecule has 3 N–H and O–H groups in total. The Balaban J connectivity index is 2.28. The van der Waals surface area contributed by atoms with E-state index in [1.54, 1.807) is 7.05 Å². The molecule has 188 valence electrons. The largest absolute Gasteiger partial charge is 0.515 e. The number of β-amino-alcohol motifs (C(OH)–C–C–N with tert-alkyl or cyclic N) is 1. The number of likely N-dealkylation sites (tertiary alicyclic amines) is 1. The third kappa shape index (κ3) is 5.01. The van der Waals surface area contributed by atoms with Gasteiger partial charge in [0.1, 0.15) is 16.9 Å². The minimum atomic E-state index is -2.31. The summed E-state index contributed by atoms with van der Waals surface area (Å²) in [4.78, 5) is 14.5. The van der Waals surface area contributed by atoms with Gasteiger partial charge in [0.05, 0.1) is 23.1 Å². The van der Waals surface area contributed by atoms with Crippen molar-refractivity contribution in [2.24, 2.45) is 5.92 Å². The fourth-order valence-electron chi connectivity index (χ4n) is 3.92. The maximum atomic E-state index is 14.0. The third-order valence-corrected chi connectivity index (χ3v) is 5.74. The lowest BCUT2D eigenvalue weighted by atomic mass is 9.85. The quantitative estimate of drug-likeness (QED) is 0.259. The van der Waals surface area contributed by atoms with Crippen molar-refractivity contribution >= 4 is 24.0 Å². The van der Waals surface area contributed by atoms with Crippen molar-refractivity contribution in [2.75, 3.05) is 20.1 Å². The Hall–Kier alpha value is -3.44. The summed E-state index contributed by atoms with van der Waals surface area (Å²) in [5.74, 6) is -12.2. The van der Waals surface area contributed by atoms with Crippen molar-refractivity contribution in [3.8, 4) is 0 Å². The number of hydrogen-bond donors (Lipinski definition) is 3. The molecule has 2 aromatic rings.